The molecule has 0 aromatic heterocycles. The van der Waals surface area contributed by atoms with Gasteiger partial charge in [0.15, 0.2) is 23.0 Å². The largest absolute Gasteiger partial charge is 1.00 e. The third-order valence-corrected chi connectivity index (χ3v) is 14.0. The molecule has 6 atom stereocenters. The first kappa shape index (κ1) is 48.9. The zero-order valence-corrected chi connectivity index (χ0v) is 42.0. The average Bonchev–Trinajstić information content (AvgIpc) is 4.08. The summed E-state index contributed by atoms with van der Waals surface area (Å²) in [5.74, 6) is 1.12. The number of anilines is 2. The summed E-state index contributed by atoms with van der Waals surface area (Å²) >= 11 is 0. The van der Waals surface area contributed by atoms with Gasteiger partial charge < -0.3 is 67.4 Å². The molecule has 0 saturated carbocycles. The number of benzene rings is 4. The van der Waals surface area contributed by atoms with Gasteiger partial charge in [0.1, 0.15) is 66.8 Å². The SMILES string of the molecule is COc1ccc2c(c1)C(=O)N1C=C(c3ccc4c(c3)OCO4)C(OCCCOC3C(c4ccc5c(c4)OCO5)=CN4C(=O)c5cc(OC)ccc5NC(S(=O)(=O)[O-])[C@H]34)[C@H]1C(S(=O)(=O)[O-])N2.[Na+].[Na+]. The Morgan fingerprint density at radius 1 is 0.597 bits per heavy atom. The Bertz CT molecular complexity index is 2740. The second-order valence-corrected chi connectivity index (χ2v) is 18.6. The summed E-state index contributed by atoms with van der Waals surface area (Å²) in [7, 11) is -7.55. The number of methoxy groups -OCH3 is 2. The van der Waals surface area contributed by atoms with E-state index in [1.54, 1.807) is 36.4 Å². The van der Waals surface area contributed by atoms with Crippen LogP contribution in [0, 0.1) is 0 Å². The van der Waals surface area contributed by atoms with E-state index in [0.29, 0.717) is 56.8 Å². The number of nitrogens with zero attached hydrogens (tertiary/aromatic N) is 2. The Balaban J connectivity index is 0.00000304. The van der Waals surface area contributed by atoms with E-state index in [-0.39, 0.29) is 115 Å². The molecule has 10 rings (SSSR count). The van der Waals surface area contributed by atoms with Crippen LogP contribution >= 0.6 is 0 Å². The summed E-state index contributed by atoms with van der Waals surface area (Å²) in [6.45, 7) is -0.369. The first-order chi connectivity index (χ1) is 31.2. The quantitative estimate of drug-likeness (QED) is 0.0836. The number of ether oxygens (including phenoxy) is 8. The van der Waals surface area contributed by atoms with Gasteiger partial charge in [0.25, 0.3) is 11.8 Å². The van der Waals surface area contributed by atoms with Crippen LogP contribution in [0.4, 0.5) is 11.4 Å². The van der Waals surface area contributed by atoms with Crippen LogP contribution in [-0.2, 0) is 29.7 Å². The van der Waals surface area contributed by atoms with Crippen LogP contribution in [-0.4, -0.2) is 124 Å². The Morgan fingerprint density at radius 3 is 1.39 bits per heavy atom. The molecular formula is C43H38N4Na2O16S2. The summed E-state index contributed by atoms with van der Waals surface area (Å²) in [4.78, 5) is 31.0. The van der Waals surface area contributed by atoms with Crippen LogP contribution in [0.3, 0.4) is 0 Å². The number of amides is 2. The van der Waals surface area contributed by atoms with Gasteiger partial charge in [-0.15, -0.1) is 0 Å². The summed E-state index contributed by atoms with van der Waals surface area (Å²) < 4.78 is 125. The summed E-state index contributed by atoms with van der Waals surface area (Å²) in [5, 5.41) is 1.80. The molecule has 340 valence electrons. The molecule has 67 heavy (non-hydrogen) atoms. The number of fused-ring (bicyclic) bond motifs is 6. The number of nitrogens with one attached hydrogen (secondary N) is 2. The van der Waals surface area contributed by atoms with E-state index in [0.717, 1.165) is 0 Å². The minimum atomic E-state index is -5.19. The van der Waals surface area contributed by atoms with Crippen LogP contribution in [0.25, 0.3) is 11.1 Å². The molecule has 24 heteroatoms. The fourth-order valence-corrected chi connectivity index (χ4v) is 10.7. The summed E-state index contributed by atoms with van der Waals surface area (Å²) in [6.07, 6.45) is 0.510. The maximum absolute atomic E-state index is 14.3. The van der Waals surface area contributed by atoms with Crippen LogP contribution in [0.1, 0.15) is 38.3 Å². The molecule has 0 fully saturated rings. The minimum Gasteiger partial charge on any atom is -0.746 e. The van der Waals surface area contributed by atoms with Crippen molar-refractivity contribution in [1.82, 2.24) is 9.80 Å². The van der Waals surface area contributed by atoms with Crippen molar-refractivity contribution < 1.29 is 133 Å². The molecule has 0 aliphatic carbocycles. The van der Waals surface area contributed by atoms with E-state index in [1.165, 1.54) is 72.8 Å². The molecule has 0 bridgehead atoms. The standard InChI is InChI=1S/C43H40N4O16S2.2Na/c1-56-24-6-8-30-26(16-24)42(48)46-18-28(22-4-10-32-34(14-22)62-20-60-32)38(36(46)40(44-30)64(50,51)52)58-12-3-13-59-39-29(23-5-11-33-35(15-23)63-21-61-33)19-47-37(39)41(65(53,54)55)45-31-9-7-25(57-2)17-27(31)43(47)49;;/h4-11,14-19,36-41,44-45H,3,12-13,20-21H2,1-2H3,(H,50,51,52)(H,53,54,55);;/q;2*+1/p-2/t36-,37-,38?,39?,40?,41?;;/m0../s1. The number of hydrogen-bond acceptors (Lipinski definition) is 18. The van der Waals surface area contributed by atoms with Crippen molar-refractivity contribution in [2.75, 3.05) is 51.7 Å². The second kappa shape index (κ2) is 19.1. The van der Waals surface area contributed by atoms with Crippen LogP contribution in [0.15, 0.2) is 85.2 Å². The maximum Gasteiger partial charge on any atom is 1.00 e. The van der Waals surface area contributed by atoms with Crippen molar-refractivity contribution in [1.29, 1.82) is 0 Å². The van der Waals surface area contributed by atoms with Crippen LogP contribution in [0.5, 0.6) is 34.5 Å². The zero-order chi connectivity index (χ0) is 45.4. The van der Waals surface area contributed by atoms with Crippen LogP contribution < -0.4 is 98.2 Å². The van der Waals surface area contributed by atoms with E-state index in [9.17, 15) is 35.5 Å². The molecular weight excluding hydrogens is 939 g/mol. The number of rotatable bonds is 12. The van der Waals surface area contributed by atoms with Crippen molar-refractivity contribution in [2.24, 2.45) is 0 Å². The molecule has 0 spiro atoms. The topological polar surface area (TPSA) is 253 Å². The number of carbonyl (C=O) groups excluding carboxylic acids is 2. The average molecular weight is 977 g/mol. The molecule has 6 heterocycles. The molecule has 4 unspecified atom stereocenters. The third kappa shape index (κ3) is 8.98. The third-order valence-electron chi connectivity index (χ3n) is 11.9. The van der Waals surface area contributed by atoms with Crippen molar-refractivity contribution in [2.45, 2.75) is 41.5 Å². The molecule has 6 aliphatic heterocycles. The van der Waals surface area contributed by atoms with Gasteiger partial charge in [0.2, 0.25) is 13.6 Å². The first-order valence-corrected chi connectivity index (χ1v) is 23.1. The van der Waals surface area contributed by atoms with E-state index in [2.05, 4.69) is 10.6 Å². The number of carbonyl (C=O) groups is 2. The molecule has 6 aliphatic rings. The Hall–Kier alpha value is -4.56. The smallest absolute Gasteiger partial charge is 0.746 e. The van der Waals surface area contributed by atoms with Gasteiger partial charge in [0, 0.05) is 48.1 Å². The van der Waals surface area contributed by atoms with Gasteiger partial charge in [-0.3, -0.25) is 9.59 Å². The minimum absolute atomic E-state index is 0. The second-order valence-electron chi connectivity index (χ2n) is 15.6. The Morgan fingerprint density at radius 2 is 1.00 bits per heavy atom. The number of hydrogen-bond donors (Lipinski definition) is 2. The van der Waals surface area contributed by atoms with Crippen molar-refractivity contribution in [3.05, 3.63) is 107 Å². The fraction of sp³-hybridized carbons (Fsp3) is 0.302. The van der Waals surface area contributed by atoms with Crippen molar-refractivity contribution in [3.8, 4) is 34.5 Å². The predicted octanol–water partition coefficient (Wildman–Crippen LogP) is -2.65. The molecule has 20 nitrogen and oxygen atoms in total. The predicted molar refractivity (Wildman–Crippen MR) is 225 cm³/mol. The van der Waals surface area contributed by atoms with Gasteiger partial charge in [-0.25, -0.2) is 16.8 Å². The molecule has 2 amide bonds. The monoisotopic (exact) mass is 976 g/mol. The van der Waals surface area contributed by atoms with E-state index < -0.39 is 67.1 Å². The maximum atomic E-state index is 14.3. The molecule has 0 saturated heterocycles. The van der Waals surface area contributed by atoms with Crippen LogP contribution in [0.2, 0.25) is 0 Å². The van der Waals surface area contributed by atoms with Gasteiger partial charge >= 0.3 is 59.1 Å². The molecule has 0 radical (unpaired) electrons. The van der Waals surface area contributed by atoms with Gasteiger partial charge in [-0.05, 0) is 78.2 Å². The van der Waals surface area contributed by atoms with E-state index >= 15 is 0 Å². The molecule has 2 N–H and O–H groups in total. The van der Waals surface area contributed by atoms with Gasteiger partial charge in [0.05, 0.1) is 25.3 Å². The zero-order valence-electron chi connectivity index (χ0n) is 36.3. The normalized spacial score (nSPS) is 23.1. The first-order valence-electron chi connectivity index (χ1n) is 20.1. The Labute approximate surface area is 428 Å². The van der Waals surface area contributed by atoms with Gasteiger partial charge in [-0.2, -0.15) is 0 Å². The van der Waals surface area contributed by atoms with E-state index in [1.807, 2.05) is 0 Å². The van der Waals surface area contributed by atoms with E-state index in [4.69, 9.17) is 37.9 Å². The Kier molecular flexibility index (Phi) is 13.9. The van der Waals surface area contributed by atoms with Crippen molar-refractivity contribution in [3.63, 3.8) is 0 Å². The summed E-state index contributed by atoms with van der Waals surface area (Å²) in [6, 6.07) is 16.0. The fourth-order valence-electron chi connectivity index (χ4n) is 8.91. The molecule has 4 aromatic carbocycles. The van der Waals surface area contributed by atoms with Gasteiger partial charge in [-0.1, -0.05) is 12.1 Å². The summed E-state index contributed by atoms with van der Waals surface area (Å²) in [5.41, 5.74) is 2.00. The van der Waals surface area contributed by atoms with Crippen molar-refractivity contribution >= 4 is 54.6 Å². The molecule has 4 aromatic rings.